The van der Waals surface area contributed by atoms with Crippen molar-refractivity contribution in [2.24, 2.45) is 0 Å². The topological polar surface area (TPSA) is 55.8 Å². The SMILES string of the molecule is CCC(=CCN1C(=O)COc2ccccc21)C(=O)OC. The van der Waals surface area contributed by atoms with Gasteiger partial charge in [0.2, 0.25) is 0 Å². The summed E-state index contributed by atoms with van der Waals surface area (Å²) in [6.07, 6.45) is 2.29. The Labute approximate surface area is 117 Å². The molecule has 0 radical (unpaired) electrons. The van der Waals surface area contributed by atoms with Crippen molar-refractivity contribution in [3.05, 3.63) is 35.9 Å². The molecule has 106 valence electrons. The van der Waals surface area contributed by atoms with Gasteiger partial charge in [-0.3, -0.25) is 4.79 Å². The smallest absolute Gasteiger partial charge is 0.333 e. The van der Waals surface area contributed by atoms with Crippen molar-refractivity contribution in [1.82, 2.24) is 0 Å². The van der Waals surface area contributed by atoms with E-state index in [0.717, 1.165) is 5.69 Å². The number of nitrogens with zero attached hydrogens (tertiary/aromatic N) is 1. The predicted molar refractivity (Wildman–Crippen MR) is 74.7 cm³/mol. The fraction of sp³-hybridized carbons (Fsp3) is 0.333. The Morgan fingerprint density at radius 3 is 2.90 bits per heavy atom. The van der Waals surface area contributed by atoms with Crippen LogP contribution in [-0.4, -0.2) is 32.1 Å². The lowest BCUT2D eigenvalue weighted by Crippen LogP contribution is -2.39. The molecule has 0 unspecified atom stereocenters. The van der Waals surface area contributed by atoms with Crippen LogP contribution in [0.25, 0.3) is 0 Å². The number of rotatable bonds is 4. The van der Waals surface area contributed by atoms with Gasteiger partial charge < -0.3 is 14.4 Å². The van der Waals surface area contributed by atoms with Gasteiger partial charge in [-0.25, -0.2) is 4.79 Å². The number of hydrogen-bond acceptors (Lipinski definition) is 4. The van der Waals surface area contributed by atoms with E-state index in [2.05, 4.69) is 0 Å². The molecule has 0 saturated heterocycles. The maximum Gasteiger partial charge on any atom is 0.333 e. The summed E-state index contributed by atoms with van der Waals surface area (Å²) in [6, 6.07) is 7.34. The van der Waals surface area contributed by atoms with E-state index in [9.17, 15) is 9.59 Å². The lowest BCUT2D eigenvalue weighted by molar-refractivity contribution is -0.136. The highest BCUT2D eigenvalue weighted by atomic mass is 16.5. The molecule has 1 heterocycles. The van der Waals surface area contributed by atoms with Gasteiger partial charge in [-0.15, -0.1) is 0 Å². The normalized spacial score (nSPS) is 14.6. The third-order valence-electron chi connectivity index (χ3n) is 3.16. The molecule has 1 amide bonds. The lowest BCUT2D eigenvalue weighted by Gasteiger charge is -2.28. The van der Waals surface area contributed by atoms with Crippen molar-refractivity contribution in [2.45, 2.75) is 13.3 Å². The largest absolute Gasteiger partial charge is 0.482 e. The Kier molecular flexibility index (Phi) is 4.40. The maximum absolute atomic E-state index is 12.0. The van der Waals surface area contributed by atoms with Crippen molar-refractivity contribution in [3.8, 4) is 5.75 Å². The number of anilines is 1. The molecule has 0 fully saturated rings. The van der Waals surface area contributed by atoms with Crippen LogP contribution < -0.4 is 9.64 Å². The van der Waals surface area contributed by atoms with E-state index in [-0.39, 0.29) is 18.5 Å². The molecule has 5 nitrogen and oxygen atoms in total. The second kappa shape index (κ2) is 6.23. The van der Waals surface area contributed by atoms with Crippen LogP contribution in [0.15, 0.2) is 35.9 Å². The summed E-state index contributed by atoms with van der Waals surface area (Å²) in [5, 5.41) is 0. The highest BCUT2D eigenvalue weighted by molar-refractivity contribution is 5.98. The van der Waals surface area contributed by atoms with Crippen LogP contribution in [0.4, 0.5) is 5.69 Å². The summed E-state index contributed by atoms with van der Waals surface area (Å²) in [4.78, 5) is 25.1. The van der Waals surface area contributed by atoms with Gasteiger partial charge in [-0.2, -0.15) is 0 Å². The standard InChI is InChI=1S/C15H17NO4/c1-3-11(15(18)19-2)8-9-16-12-6-4-5-7-13(12)20-10-14(16)17/h4-8H,3,9-10H2,1-2H3. The lowest BCUT2D eigenvalue weighted by atomic mass is 10.1. The van der Waals surface area contributed by atoms with Crippen LogP contribution in [0.2, 0.25) is 0 Å². The number of para-hydroxylation sites is 2. The summed E-state index contributed by atoms with van der Waals surface area (Å²) in [5.74, 6) is 0.193. The van der Waals surface area contributed by atoms with Gasteiger partial charge in [0.25, 0.3) is 5.91 Å². The number of methoxy groups -OCH3 is 1. The highest BCUT2D eigenvalue weighted by Crippen LogP contribution is 2.31. The monoisotopic (exact) mass is 275 g/mol. The first-order valence-corrected chi connectivity index (χ1v) is 6.47. The van der Waals surface area contributed by atoms with Crippen LogP contribution >= 0.6 is 0 Å². The molecule has 1 aromatic rings. The first-order chi connectivity index (χ1) is 9.67. The molecule has 5 heteroatoms. The molecule has 0 bridgehead atoms. The molecule has 2 rings (SSSR count). The second-order valence-corrected chi connectivity index (χ2v) is 4.34. The minimum absolute atomic E-state index is 0.0184. The molecule has 0 atom stereocenters. The van der Waals surface area contributed by atoms with Crippen molar-refractivity contribution in [2.75, 3.05) is 25.2 Å². The molecular weight excluding hydrogens is 258 g/mol. The van der Waals surface area contributed by atoms with Gasteiger partial charge in [0.05, 0.1) is 12.8 Å². The zero-order valence-electron chi connectivity index (χ0n) is 11.6. The number of carbonyl (C=O) groups excluding carboxylic acids is 2. The van der Waals surface area contributed by atoms with Gasteiger partial charge in [0.1, 0.15) is 5.75 Å². The zero-order chi connectivity index (χ0) is 14.5. The summed E-state index contributed by atoms with van der Waals surface area (Å²) >= 11 is 0. The summed E-state index contributed by atoms with van der Waals surface area (Å²) in [6.45, 7) is 2.22. The van der Waals surface area contributed by atoms with Gasteiger partial charge in [0, 0.05) is 12.1 Å². The van der Waals surface area contributed by atoms with Crippen LogP contribution in [0.5, 0.6) is 5.75 Å². The fourth-order valence-electron chi connectivity index (χ4n) is 2.06. The minimum Gasteiger partial charge on any atom is -0.482 e. The van der Waals surface area contributed by atoms with E-state index in [1.807, 2.05) is 31.2 Å². The first-order valence-electron chi connectivity index (χ1n) is 6.47. The van der Waals surface area contributed by atoms with Crippen molar-refractivity contribution >= 4 is 17.6 Å². The van der Waals surface area contributed by atoms with Crippen LogP contribution in [0, 0.1) is 0 Å². The van der Waals surface area contributed by atoms with Gasteiger partial charge >= 0.3 is 5.97 Å². The first kappa shape index (κ1) is 14.1. The Hall–Kier alpha value is -2.30. The molecule has 1 aliphatic heterocycles. The molecule has 0 aromatic heterocycles. The number of ether oxygens (including phenoxy) is 2. The van der Waals surface area contributed by atoms with E-state index >= 15 is 0 Å². The summed E-state index contributed by atoms with van der Waals surface area (Å²) < 4.78 is 10.1. The average Bonchev–Trinajstić information content (AvgIpc) is 2.49. The number of fused-ring (bicyclic) bond motifs is 1. The molecule has 1 aliphatic rings. The van der Waals surface area contributed by atoms with Crippen LogP contribution in [0.3, 0.4) is 0 Å². The van der Waals surface area contributed by atoms with Crippen molar-refractivity contribution in [3.63, 3.8) is 0 Å². The molecule has 0 spiro atoms. The van der Waals surface area contributed by atoms with E-state index in [4.69, 9.17) is 9.47 Å². The minimum atomic E-state index is -0.360. The third kappa shape index (κ3) is 2.82. The summed E-state index contributed by atoms with van der Waals surface area (Å²) in [5.41, 5.74) is 1.28. The van der Waals surface area contributed by atoms with Crippen molar-refractivity contribution in [1.29, 1.82) is 0 Å². The van der Waals surface area contributed by atoms with Crippen LogP contribution in [-0.2, 0) is 14.3 Å². The molecule has 0 aliphatic carbocycles. The van der Waals surface area contributed by atoms with Gasteiger partial charge in [0.15, 0.2) is 6.61 Å². The van der Waals surface area contributed by atoms with Crippen molar-refractivity contribution < 1.29 is 19.1 Å². The molecule has 20 heavy (non-hydrogen) atoms. The van der Waals surface area contributed by atoms with E-state index in [1.165, 1.54) is 7.11 Å². The predicted octanol–water partition coefficient (Wildman–Crippen LogP) is 1.92. The number of amides is 1. The van der Waals surface area contributed by atoms with Crippen LogP contribution in [0.1, 0.15) is 13.3 Å². The van der Waals surface area contributed by atoms with Gasteiger partial charge in [-0.05, 0) is 18.6 Å². The molecule has 1 aromatic carbocycles. The fourth-order valence-corrected chi connectivity index (χ4v) is 2.06. The number of esters is 1. The van der Waals surface area contributed by atoms with Gasteiger partial charge in [-0.1, -0.05) is 25.1 Å². The Balaban J connectivity index is 2.22. The Morgan fingerprint density at radius 1 is 1.45 bits per heavy atom. The number of carbonyl (C=O) groups is 2. The molecular formula is C15H17NO4. The second-order valence-electron chi connectivity index (χ2n) is 4.34. The Morgan fingerprint density at radius 2 is 2.20 bits per heavy atom. The average molecular weight is 275 g/mol. The van der Waals surface area contributed by atoms with E-state index < -0.39 is 0 Å². The molecule has 0 saturated carbocycles. The third-order valence-corrected chi connectivity index (χ3v) is 3.16. The zero-order valence-corrected chi connectivity index (χ0v) is 11.6. The Bertz CT molecular complexity index is 551. The summed E-state index contributed by atoms with van der Waals surface area (Å²) in [7, 11) is 1.35. The van der Waals surface area contributed by atoms with E-state index in [1.54, 1.807) is 11.0 Å². The van der Waals surface area contributed by atoms with E-state index in [0.29, 0.717) is 24.3 Å². The maximum atomic E-state index is 12.0. The quantitative estimate of drug-likeness (QED) is 0.622. The highest BCUT2D eigenvalue weighted by Gasteiger charge is 2.24. The number of benzene rings is 1. The number of hydrogen-bond donors (Lipinski definition) is 0. The molecule has 0 N–H and O–H groups in total.